The average molecular weight is 542 g/mol. The molecular formula is C27H27NO11. The molecule has 206 valence electrons. The summed E-state index contributed by atoms with van der Waals surface area (Å²) in [6.07, 6.45) is -5.46. The summed E-state index contributed by atoms with van der Waals surface area (Å²) < 4.78 is 16.9. The van der Waals surface area contributed by atoms with Crippen molar-refractivity contribution < 1.29 is 53.8 Å². The fourth-order valence-electron chi connectivity index (χ4n) is 5.69. The quantitative estimate of drug-likeness (QED) is 0.167. The number of carbonyl (C=O) groups excluding carboxylic acids is 4. The van der Waals surface area contributed by atoms with E-state index in [0.717, 1.165) is 0 Å². The third kappa shape index (κ3) is 4.03. The number of phenols is 2. The van der Waals surface area contributed by atoms with E-state index in [-0.39, 0.29) is 40.7 Å². The van der Waals surface area contributed by atoms with Gasteiger partial charge in [0.25, 0.3) is 0 Å². The lowest BCUT2D eigenvalue weighted by molar-refractivity contribution is -0.247. The molecule has 12 heteroatoms. The van der Waals surface area contributed by atoms with Gasteiger partial charge in [-0.3, -0.25) is 19.2 Å². The highest BCUT2D eigenvalue weighted by Crippen LogP contribution is 2.52. The van der Waals surface area contributed by atoms with Crippen molar-refractivity contribution in [2.24, 2.45) is 5.73 Å². The molecule has 0 amide bonds. The number of ether oxygens (including phenoxy) is 3. The molecule has 2 aromatic rings. The van der Waals surface area contributed by atoms with Crippen molar-refractivity contribution in [1.82, 2.24) is 0 Å². The molecule has 0 unspecified atom stereocenters. The molecule has 1 heterocycles. The molecule has 0 radical (unpaired) electrons. The lowest BCUT2D eigenvalue weighted by Gasteiger charge is -2.41. The number of phenolic OH excluding ortho intramolecular Hbond substituents is 2. The highest BCUT2D eigenvalue weighted by Gasteiger charge is 2.50. The first-order chi connectivity index (χ1) is 18.4. The molecule has 1 fully saturated rings. The van der Waals surface area contributed by atoms with Crippen molar-refractivity contribution in [3.63, 3.8) is 0 Å². The summed E-state index contributed by atoms with van der Waals surface area (Å²) in [4.78, 5) is 51.0. The van der Waals surface area contributed by atoms with Crippen LogP contribution >= 0.6 is 0 Å². The van der Waals surface area contributed by atoms with E-state index >= 15 is 0 Å². The molecule has 1 saturated heterocycles. The van der Waals surface area contributed by atoms with Crippen molar-refractivity contribution in [3.05, 3.63) is 51.6 Å². The highest BCUT2D eigenvalue weighted by atomic mass is 16.7. The maximum absolute atomic E-state index is 13.6. The zero-order chi connectivity index (χ0) is 28.4. The number of aromatic hydroxyl groups is 2. The first-order valence-electron chi connectivity index (χ1n) is 12.3. The predicted molar refractivity (Wildman–Crippen MR) is 131 cm³/mol. The molecule has 6 atom stereocenters. The summed E-state index contributed by atoms with van der Waals surface area (Å²) in [5, 5.41) is 44.0. The minimum absolute atomic E-state index is 0.00291. The molecule has 5 rings (SSSR count). The van der Waals surface area contributed by atoms with Gasteiger partial charge in [0.2, 0.25) is 11.6 Å². The number of aliphatic hydroxyl groups excluding tert-OH is 1. The number of rotatable bonds is 5. The van der Waals surface area contributed by atoms with Gasteiger partial charge in [-0.15, -0.1) is 0 Å². The smallest absolute Gasteiger partial charge is 0.227 e. The van der Waals surface area contributed by atoms with Crippen LogP contribution in [0.25, 0.3) is 0 Å². The van der Waals surface area contributed by atoms with Gasteiger partial charge in [0.1, 0.15) is 22.8 Å². The average Bonchev–Trinajstić information content (AvgIpc) is 2.90. The lowest BCUT2D eigenvalue weighted by atomic mass is 9.72. The predicted octanol–water partition coefficient (Wildman–Crippen LogP) is 0.208. The van der Waals surface area contributed by atoms with Crippen LogP contribution in [0.3, 0.4) is 0 Å². The first kappa shape index (κ1) is 26.9. The van der Waals surface area contributed by atoms with Crippen molar-refractivity contribution >= 4 is 23.6 Å². The van der Waals surface area contributed by atoms with E-state index in [1.807, 2.05) is 0 Å². The first-order valence-corrected chi connectivity index (χ1v) is 12.3. The van der Waals surface area contributed by atoms with Crippen LogP contribution < -0.4 is 10.5 Å². The Balaban J connectivity index is 1.69. The van der Waals surface area contributed by atoms with Gasteiger partial charge >= 0.3 is 0 Å². The van der Waals surface area contributed by atoms with Gasteiger partial charge in [0.05, 0.1) is 42.1 Å². The van der Waals surface area contributed by atoms with E-state index in [0.29, 0.717) is 0 Å². The second-order valence-electron chi connectivity index (χ2n) is 10.1. The fraction of sp³-hybridized carbons (Fsp3) is 0.407. The number of carbonyl (C=O) groups is 4. The minimum Gasteiger partial charge on any atom is -0.507 e. The zero-order valence-corrected chi connectivity index (χ0v) is 21.0. The van der Waals surface area contributed by atoms with Gasteiger partial charge in [-0.25, -0.2) is 0 Å². The number of hydrogen-bond donors (Lipinski definition) is 5. The Morgan fingerprint density at radius 1 is 1.15 bits per heavy atom. The van der Waals surface area contributed by atoms with Gasteiger partial charge in [-0.2, -0.15) is 0 Å². The molecule has 0 saturated carbocycles. The molecule has 2 aliphatic carbocycles. The normalized spacial score (nSPS) is 29.7. The van der Waals surface area contributed by atoms with Crippen molar-refractivity contribution in [1.29, 1.82) is 0 Å². The van der Waals surface area contributed by atoms with Crippen LogP contribution in [-0.2, 0) is 25.5 Å². The van der Waals surface area contributed by atoms with E-state index < -0.39 is 89.1 Å². The standard InChI is InChI=1S/C27H27NO11/c1-10-22(31)13(28)6-17(38-10)39-15-8-27(36,16(30)9-29)7-12-19(15)26(35)21-20(24(12)33)23(32)11-4-3-5-14(37-2)18(11)25(21)34/h3-5,9-10,13,15,17,22,31,33,35-36H,6-8,28H2,1-2H3/t10-,13-,15-,17-,22+,27-/m0/s1. The number of methoxy groups -OCH3 is 1. The van der Waals surface area contributed by atoms with Gasteiger partial charge in [-0.1, -0.05) is 12.1 Å². The number of nitrogens with two attached hydrogens (primary N) is 1. The number of ketones is 3. The summed E-state index contributed by atoms with van der Waals surface area (Å²) in [5.74, 6) is -4.12. The summed E-state index contributed by atoms with van der Waals surface area (Å²) in [5.41, 5.74) is 2.08. The Morgan fingerprint density at radius 3 is 2.49 bits per heavy atom. The molecule has 1 aliphatic heterocycles. The van der Waals surface area contributed by atoms with Crippen molar-refractivity contribution in [2.75, 3.05) is 7.11 Å². The Kier molecular flexibility index (Phi) is 6.56. The maximum atomic E-state index is 13.6. The molecule has 39 heavy (non-hydrogen) atoms. The Bertz CT molecular complexity index is 1410. The number of aldehydes is 1. The minimum atomic E-state index is -2.36. The van der Waals surface area contributed by atoms with Crippen LogP contribution in [0, 0.1) is 0 Å². The largest absolute Gasteiger partial charge is 0.507 e. The maximum Gasteiger partial charge on any atom is 0.227 e. The number of fused-ring (bicyclic) bond motifs is 3. The van der Waals surface area contributed by atoms with Crippen molar-refractivity contribution in [3.8, 4) is 17.2 Å². The molecular weight excluding hydrogens is 514 g/mol. The highest BCUT2D eigenvalue weighted by molar-refractivity contribution is 6.32. The lowest BCUT2D eigenvalue weighted by Crippen LogP contribution is -2.52. The second-order valence-corrected chi connectivity index (χ2v) is 10.1. The van der Waals surface area contributed by atoms with Crippen LogP contribution in [0.15, 0.2) is 18.2 Å². The Labute approximate surface area is 221 Å². The number of hydrogen-bond acceptors (Lipinski definition) is 12. The summed E-state index contributed by atoms with van der Waals surface area (Å²) in [7, 11) is 1.31. The van der Waals surface area contributed by atoms with Crippen molar-refractivity contribution in [2.45, 2.75) is 62.4 Å². The van der Waals surface area contributed by atoms with E-state index in [1.165, 1.54) is 25.3 Å². The Hall–Kier alpha value is -3.68. The molecule has 0 bridgehead atoms. The third-order valence-corrected chi connectivity index (χ3v) is 7.71. The molecule has 0 aromatic heterocycles. The van der Waals surface area contributed by atoms with Crippen LogP contribution in [0.5, 0.6) is 17.2 Å². The number of Topliss-reactive ketones (excluding diaryl/α,β-unsaturated/α-hetero) is 1. The van der Waals surface area contributed by atoms with Crippen LogP contribution in [0.1, 0.15) is 68.8 Å². The molecule has 6 N–H and O–H groups in total. The topological polar surface area (TPSA) is 203 Å². The van der Waals surface area contributed by atoms with Crippen LogP contribution in [0.4, 0.5) is 0 Å². The summed E-state index contributed by atoms with van der Waals surface area (Å²) in [6, 6.07) is 3.59. The number of aliphatic hydroxyl groups is 2. The van der Waals surface area contributed by atoms with Gasteiger partial charge in [0.15, 0.2) is 18.4 Å². The van der Waals surface area contributed by atoms with Gasteiger partial charge in [0, 0.05) is 42.0 Å². The third-order valence-electron chi connectivity index (χ3n) is 7.71. The fourth-order valence-corrected chi connectivity index (χ4v) is 5.69. The van der Waals surface area contributed by atoms with Gasteiger partial charge in [-0.05, 0) is 13.0 Å². The van der Waals surface area contributed by atoms with E-state index in [4.69, 9.17) is 19.9 Å². The van der Waals surface area contributed by atoms with Crippen LogP contribution in [0.2, 0.25) is 0 Å². The molecule has 3 aliphatic rings. The van der Waals surface area contributed by atoms with Gasteiger partial charge < -0.3 is 40.4 Å². The van der Waals surface area contributed by atoms with Crippen LogP contribution in [-0.4, -0.2) is 81.3 Å². The summed E-state index contributed by atoms with van der Waals surface area (Å²) >= 11 is 0. The van der Waals surface area contributed by atoms with E-state index in [2.05, 4.69) is 0 Å². The Morgan fingerprint density at radius 2 is 1.85 bits per heavy atom. The molecule has 2 aromatic carbocycles. The summed E-state index contributed by atoms with van der Waals surface area (Å²) in [6.45, 7) is 1.57. The molecule has 0 spiro atoms. The molecule has 12 nitrogen and oxygen atoms in total. The monoisotopic (exact) mass is 541 g/mol. The SMILES string of the molecule is COc1cccc2c1C(=O)c1c(O)c3c(c(O)c1C2=O)C[C@@](O)(C(=O)C=O)C[C@@H]3O[C@H]1C[C@H](N)[C@H](O)[C@H](C)O1. The zero-order valence-electron chi connectivity index (χ0n) is 21.0. The number of benzene rings is 2. The van der Waals surface area contributed by atoms with E-state index in [9.17, 15) is 39.6 Å². The second kappa shape index (κ2) is 9.50. The van der Waals surface area contributed by atoms with E-state index in [1.54, 1.807) is 6.92 Å².